The molecule has 1 aromatic heterocycles. The first kappa shape index (κ1) is 14.2. The van der Waals surface area contributed by atoms with Crippen LogP contribution in [0.1, 0.15) is 16.9 Å². The van der Waals surface area contributed by atoms with E-state index in [0.717, 1.165) is 4.90 Å². The summed E-state index contributed by atoms with van der Waals surface area (Å²) in [5.74, 6) is -0.112. The molecule has 100 valence electrons. The summed E-state index contributed by atoms with van der Waals surface area (Å²) < 4.78 is 36.0. The lowest BCUT2D eigenvalue weighted by Crippen LogP contribution is -2.31. The van der Waals surface area contributed by atoms with Gasteiger partial charge in [0, 0.05) is 20.6 Å². The first-order chi connectivity index (χ1) is 8.33. The van der Waals surface area contributed by atoms with Gasteiger partial charge in [0.25, 0.3) is 5.91 Å². The summed E-state index contributed by atoms with van der Waals surface area (Å²) in [5, 5.41) is 2.72. The molecule has 0 radical (unpaired) electrons. The Balaban J connectivity index is 2.62. The van der Waals surface area contributed by atoms with Gasteiger partial charge in [-0.1, -0.05) is 0 Å². The molecular weight excluding hydrogens is 249 g/mol. The zero-order chi connectivity index (χ0) is 13.8. The molecule has 1 rings (SSSR count). The van der Waals surface area contributed by atoms with E-state index in [9.17, 15) is 18.0 Å². The smallest absolute Gasteiger partial charge is 0.372 e. The lowest BCUT2D eigenvalue weighted by atomic mass is 10.3. The number of anilines is 1. The highest BCUT2D eigenvalue weighted by molar-refractivity contribution is 5.91. The number of rotatable bonds is 4. The molecule has 1 aromatic rings. The van der Waals surface area contributed by atoms with Crippen molar-refractivity contribution >= 4 is 11.7 Å². The van der Waals surface area contributed by atoms with E-state index in [2.05, 4.69) is 15.3 Å². The number of nitrogens with zero attached hydrogens (tertiary/aromatic N) is 3. The number of alkyl halides is 3. The van der Waals surface area contributed by atoms with Crippen LogP contribution < -0.4 is 5.32 Å². The Labute approximate surface area is 102 Å². The lowest BCUT2D eigenvalue weighted by Gasteiger charge is -2.17. The van der Waals surface area contributed by atoms with E-state index in [4.69, 9.17) is 0 Å². The fourth-order valence-corrected chi connectivity index (χ4v) is 1.16. The maximum atomic E-state index is 12.0. The van der Waals surface area contributed by atoms with Crippen molar-refractivity contribution in [2.45, 2.75) is 12.6 Å². The van der Waals surface area contributed by atoms with Crippen LogP contribution in [0.5, 0.6) is 0 Å². The molecule has 0 atom stereocenters. The summed E-state index contributed by atoms with van der Waals surface area (Å²) in [6.45, 7) is -0.405. The fraction of sp³-hybridized carbons (Fsp3) is 0.500. The molecule has 0 saturated carbocycles. The van der Waals surface area contributed by atoms with Gasteiger partial charge in [-0.3, -0.25) is 4.79 Å². The van der Waals surface area contributed by atoms with Gasteiger partial charge < -0.3 is 10.2 Å². The van der Waals surface area contributed by atoms with Gasteiger partial charge in [-0.05, 0) is 0 Å². The molecule has 0 aliphatic rings. The largest absolute Gasteiger partial charge is 0.390 e. The number of carbonyl (C=O) groups excluding carboxylic acids is 1. The average Bonchev–Trinajstić information content (AvgIpc) is 2.34. The summed E-state index contributed by atoms with van der Waals surface area (Å²) in [4.78, 5) is 20.3. The molecule has 18 heavy (non-hydrogen) atoms. The van der Waals surface area contributed by atoms with Crippen LogP contribution in [0.15, 0.2) is 12.4 Å². The molecular formula is C10H13F3N4O. The van der Waals surface area contributed by atoms with Crippen LogP contribution in [0, 0.1) is 0 Å². The molecule has 0 bridgehead atoms. The molecule has 1 amide bonds. The summed E-state index contributed by atoms with van der Waals surface area (Å²) in [7, 11) is 2.93. The molecule has 0 saturated heterocycles. The van der Waals surface area contributed by atoms with E-state index in [1.807, 2.05) is 0 Å². The number of halogens is 3. The molecule has 0 aromatic carbocycles. The quantitative estimate of drug-likeness (QED) is 0.894. The van der Waals surface area contributed by atoms with E-state index < -0.39 is 25.0 Å². The SMILES string of the molecule is CNc1cnc(C(=O)N(C)CCC(F)(F)F)cn1. The van der Waals surface area contributed by atoms with Gasteiger partial charge in [-0.15, -0.1) is 0 Å². The fourth-order valence-electron chi connectivity index (χ4n) is 1.16. The lowest BCUT2D eigenvalue weighted by molar-refractivity contribution is -0.136. The molecule has 8 heteroatoms. The Kier molecular flexibility index (Phi) is 4.46. The van der Waals surface area contributed by atoms with Crippen LogP contribution in [-0.2, 0) is 0 Å². The highest BCUT2D eigenvalue weighted by Crippen LogP contribution is 2.19. The number of carbonyl (C=O) groups is 1. The Bertz CT molecular complexity index is 405. The molecule has 5 nitrogen and oxygen atoms in total. The predicted molar refractivity (Wildman–Crippen MR) is 59.2 cm³/mol. The van der Waals surface area contributed by atoms with Gasteiger partial charge in [-0.25, -0.2) is 9.97 Å². The Morgan fingerprint density at radius 1 is 1.39 bits per heavy atom. The third-order valence-electron chi connectivity index (χ3n) is 2.20. The van der Waals surface area contributed by atoms with Gasteiger partial charge in [0.15, 0.2) is 0 Å². The normalized spacial score (nSPS) is 11.2. The Morgan fingerprint density at radius 3 is 2.50 bits per heavy atom. The topological polar surface area (TPSA) is 58.1 Å². The number of amides is 1. The Hall–Kier alpha value is -1.86. The van der Waals surface area contributed by atoms with Crippen molar-refractivity contribution in [1.82, 2.24) is 14.9 Å². The molecule has 1 N–H and O–H groups in total. The van der Waals surface area contributed by atoms with Crippen molar-refractivity contribution in [1.29, 1.82) is 0 Å². The maximum Gasteiger partial charge on any atom is 0.390 e. The van der Waals surface area contributed by atoms with E-state index in [0.29, 0.717) is 5.82 Å². The predicted octanol–water partition coefficient (Wildman–Crippen LogP) is 1.54. The van der Waals surface area contributed by atoms with Gasteiger partial charge in [-0.2, -0.15) is 13.2 Å². The van der Waals surface area contributed by atoms with Crippen LogP contribution in [0.3, 0.4) is 0 Å². The molecule has 0 spiro atoms. The van der Waals surface area contributed by atoms with Crippen molar-refractivity contribution < 1.29 is 18.0 Å². The van der Waals surface area contributed by atoms with E-state index in [1.54, 1.807) is 7.05 Å². The second-order valence-electron chi connectivity index (χ2n) is 3.63. The van der Waals surface area contributed by atoms with E-state index >= 15 is 0 Å². The van der Waals surface area contributed by atoms with Gasteiger partial charge in [0.05, 0.1) is 18.8 Å². The molecule has 0 aliphatic carbocycles. The minimum atomic E-state index is -4.28. The number of hydrogen-bond acceptors (Lipinski definition) is 4. The van der Waals surface area contributed by atoms with Crippen LogP contribution in [-0.4, -0.2) is 47.6 Å². The van der Waals surface area contributed by atoms with E-state index in [1.165, 1.54) is 19.4 Å². The van der Waals surface area contributed by atoms with E-state index in [-0.39, 0.29) is 5.69 Å². The van der Waals surface area contributed by atoms with Crippen molar-refractivity contribution in [2.75, 3.05) is 26.0 Å². The number of aromatic nitrogens is 2. The summed E-state index contributed by atoms with van der Waals surface area (Å²) >= 11 is 0. The van der Waals surface area contributed by atoms with Gasteiger partial charge in [0.1, 0.15) is 11.5 Å². The minimum absolute atomic E-state index is 0.0127. The highest BCUT2D eigenvalue weighted by Gasteiger charge is 2.28. The monoisotopic (exact) mass is 262 g/mol. The van der Waals surface area contributed by atoms with Crippen molar-refractivity contribution in [3.63, 3.8) is 0 Å². The van der Waals surface area contributed by atoms with Crippen molar-refractivity contribution in [3.05, 3.63) is 18.1 Å². The van der Waals surface area contributed by atoms with Gasteiger partial charge in [0.2, 0.25) is 0 Å². The van der Waals surface area contributed by atoms with Crippen LogP contribution in [0.25, 0.3) is 0 Å². The number of nitrogens with one attached hydrogen (secondary N) is 1. The zero-order valence-electron chi connectivity index (χ0n) is 9.95. The van der Waals surface area contributed by atoms with Crippen LogP contribution in [0.2, 0.25) is 0 Å². The number of hydrogen-bond donors (Lipinski definition) is 1. The average molecular weight is 262 g/mol. The van der Waals surface area contributed by atoms with Crippen molar-refractivity contribution in [3.8, 4) is 0 Å². The van der Waals surface area contributed by atoms with Crippen molar-refractivity contribution in [2.24, 2.45) is 0 Å². The summed E-state index contributed by atoms with van der Waals surface area (Å²) in [6.07, 6.45) is -2.77. The van der Waals surface area contributed by atoms with Crippen LogP contribution in [0.4, 0.5) is 19.0 Å². The molecule has 0 fully saturated rings. The summed E-state index contributed by atoms with van der Waals surface area (Å²) in [6, 6.07) is 0. The maximum absolute atomic E-state index is 12.0. The zero-order valence-corrected chi connectivity index (χ0v) is 9.95. The second-order valence-corrected chi connectivity index (χ2v) is 3.63. The first-order valence-electron chi connectivity index (χ1n) is 5.15. The van der Waals surface area contributed by atoms with Gasteiger partial charge >= 0.3 is 6.18 Å². The first-order valence-corrected chi connectivity index (χ1v) is 5.15. The highest BCUT2D eigenvalue weighted by atomic mass is 19.4. The molecule has 0 unspecified atom stereocenters. The second kappa shape index (κ2) is 5.65. The minimum Gasteiger partial charge on any atom is -0.372 e. The summed E-state index contributed by atoms with van der Waals surface area (Å²) in [5.41, 5.74) is 0.0127. The molecule has 0 aliphatic heterocycles. The standard InChI is InChI=1S/C10H13F3N4O/c1-14-8-6-15-7(5-16-8)9(18)17(2)4-3-10(11,12)13/h5-6H,3-4H2,1-2H3,(H,14,16). The third-order valence-corrected chi connectivity index (χ3v) is 2.20. The Morgan fingerprint density at radius 2 is 2.06 bits per heavy atom. The van der Waals surface area contributed by atoms with Crippen LogP contribution >= 0.6 is 0 Å². The third kappa shape index (κ3) is 4.19. The molecule has 1 heterocycles.